The van der Waals surface area contributed by atoms with Crippen LogP contribution in [-0.4, -0.2) is 11.9 Å². The topological polar surface area (TPSA) is 88.2 Å². The summed E-state index contributed by atoms with van der Waals surface area (Å²) in [6.45, 7) is 0. The average molecular weight is 273 g/mol. The number of benzene rings is 2. The Hall–Kier alpha value is -2.89. The van der Waals surface area contributed by atoms with Gasteiger partial charge in [0.05, 0.1) is 11.3 Å². The lowest BCUT2D eigenvalue weighted by Gasteiger charge is -2.11. The van der Waals surface area contributed by atoms with Crippen LogP contribution in [0.2, 0.25) is 0 Å². The quantitative estimate of drug-likeness (QED) is 0.593. The first kappa shape index (κ1) is 13.5. The monoisotopic (exact) mass is 273 g/mol. The van der Waals surface area contributed by atoms with Crippen molar-refractivity contribution >= 4 is 17.6 Å². The van der Waals surface area contributed by atoms with Crippen LogP contribution in [0.3, 0.4) is 0 Å². The Morgan fingerprint density at radius 2 is 1.85 bits per heavy atom. The minimum atomic E-state index is -0.788. The van der Waals surface area contributed by atoms with E-state index in [1.54, 1.807) is 30.3 Å². The first-order valence-electron chi connectivity index (χ1n) is 5.74. The van der Waals surface area contributed by atoms with Gasteiger partial charge in [-0.05, 0) is 24.3 Å². The van der Waals surface area contributed by atoms with Gasteiger partial charge in [-0.2, -0.15) is 0 Å². The van der Waals surface area contributed by atoms with Gasteiger partial charge in [0.1, 0.15) is 17.4 Å². The van der Waals surface area contributed by atoms with Crippen molar-refractivity contribution in [3.8, 4) is 5.75 Å². The summed E-state index contributed by atoms with van der Waals surface area (Å²) < 4.78 is 18.6. The molecule has 0 fully saturated rings. The van der Waals surface area contributed by atoms with Crippen molar-refractivity contribution < 1.29 is 13.9 Å². The van der Waals surface area contributed by atoms with Crippen LogP contribution in [-0.2, 0) is 0 Å². The molecule has 0 saturated heterocycles. The fourth-order valence-corrected chi connectivity index (χ4v) is 1.63. The van der Waals surface area contributed by atoms with Crippen molar-refractivity contribution in [2.45, 2.75) is 0 Å². The molecule has 0 heterocycles. The van der Waals surface area contributed by atoms with Crippen molar-refractivity contribution in [3.63, 3.8) is 0 Å². The molecular formula is C14H12FN3O2. The lowest BCUT2D eigenvalue weighted by Crippen LogP contribution is -2.21. The molecule has 5 nitrogen and oxygen atoms in total. The summed E-state index contributed by atoms with van der Waals surface area (Å²) in [4.78, 5) is 11.7. The van der Waals surface area contributed by atoms with Crippen molar-refractivity contribution in [1.29, 1.82) is 5.41 Å². The van der Waals surface area contributed by atoms with Gasteiger partial charge in [-0.15, -0.1) is 0 Å². The molecule has 2 aromatic rings. The number of anilines is 1. The molecule has 1 amide bonds. The summed E-state index contributed by atoms with van der Waals surface area (Å²) in [5, 5.41) is 9.69. The van der Waals surface area contributed by atoms with Crippen LogP contribution < -0.4 is 15.8 Å². The first-order chi connectivity index (χ1) is 9.58. The molecule has 2 rings (SSSR count). The van der Waals surface area contributed by atoms with E-state index in [1.807, 2.05) is 0 Å². The number of rotatable bonds is 3. The van der Waals surface area contributed by atoms with E-state index >= 15 is 0 Å². The molecule has 0 atom stereocenters. The number of nitrogens with one attached hydrogen (secondary N) is 2. The number of carbonyl (C=O) groups excluding carboxylic acids is 1. The third-order valence-corrected chi connectivity index (χ3v) is 2.47. The third-order valence-electron chi connectivity index (χ3n) is 2.47. The zero-order valence-electron chi connectivity index (χ0n) is 10.4. The van der Waals surface area contributed by atoms with E-state index in [0.29, 0.717) is 5.75 Å². The number of amidine groups is 1. The lowest BCUT2D eigenvalue weighted by molar-refractivity contribution is 0.215. The number of halogens is 1. The Morgan fingerprint density at radius 3 is 2.50 bits per heavy atom. The van der Waals surface area contributed by atoms with Crippen molar-refractivity contribution in [1.82, 2.24) is 0 Å². The van der Waals surface area contributed by atoms with Crippen molar-refractivity contribution in [2.24, 2.45) is 5.73 Å². The minimum Gasteiger partial charge on any atom is -0.410 e. The van der Waals surface area contributed by atoms with Crippen molar-refractivity contribution in [2.75, 3.05) is 5.32 Å². The van der Waals surface area contributed by atoms with Gasteiger partial charge in [-0.1, -0.05) is 24.3 Å². The van der Waals surface area contributed by atoms with Crippen LogP contribution in [0, 0.1) is 11.2 Å². The summed E-state index contributed by atoms with van der Waals surface area (Å²) in [6, 6.07) is 12.4. The van der Waals surface area contributed by atoms with E-state index in [4.69, 9.17) is 15.9 Å². The smallest absolute Gasteiger partial charge is 0.410 e. The van der Waals surface area contributed by atoms with Gasteiger partial charge in [0, 0.05) is 0 Å². The molecule has 0 bridgehead atoms. The van der Waals surface area contributed by atoms with E-state index in [-0.39, 0.29) is 11.3 Å². The number of nitrogen functional groups attached to an aromatic ring is 1. The van der Waals surface area contributed by atoms with Gasteiger partial charge in [-0.3, -0.25) is 10.7 Å². The molecule has 4 N–H and O–H groups in total. The van der Waals surface area contributed by atoms with Gasteiger partial charge in [0.25, 0.3) is 0 Å². The normalized spacial score (nSPS) is 9.85. The van der Waals surface area contributed by atoms with Crippen LogP contribution in [0.25, 0.3) is 0 Å². The van der Waals surface area contributed by atoms with E-state index < -0.39 is 17.7 Å². The number of nitrogens with two attached hydrogens (primary N) is 1. The number of ether oxygens (including phenoxy) is 1. The van der Waals surface area contributed by atoms with Gasteiger partial charge in [0.15, 0.2) is 0 Å². The lowest BCUT2D eigenvalue weighted by atomic mass is 10.1. The van der Waals surface area contributed by atoms with Crippen molar-refractivity contribution in [3.05, 3.63) is 59.9 Å². The molecule has 6 heteroatoms. The first-order valence-corrected chi connectivity index (χ1v) is 5.74. The molecule has 0 aliphatic carbocycles. The third kappa shape index (κ3) is 3.11. The Balaban J connectivity index is 2.16. The van der Waals surface area contributed by atoms with E-state index in [1.165, 1.54) is 12.1 Å². The highest BCUT2D eigenvalue weighted by molar-refractivity contribution is 6.03. The number of hydrogen-bond donors (Lipinski definition) is 3. The molecule has 2 aromatic carbocycles. The molecular weight excluding hydrogens is 261 g/mol. The van der Waals surface area contributed by atoms with E-state index in [9.17, 15) is 9.18 Å². The van der Waals surface area contributed by atoms with Gasteiger partial charge in [-0.25, -0.2) is 9.18 Å². The fourth-order valence-electron chi connectivity index (χ4n) is 1.63. The Morgan fingerprint density at radius 1 is 1.15 bits per heavy atom. The second kappa shape index (κ2) is 5.83. The minimum absolute atomic E-state index is 0.0819. The summed E-state index contributed by atoms with van der Waals surface area (Å²) >= 11 is 0. The molecule has 0 unspecified atom stereocenters. The second-order valence-electron chi connectivity index (χ2n) is 3.90. The van der Waals surface area contributed by atoms with Gasteiger partial charge < -0.3 is 10.5 Å². The van der Waals surface area contributed by atoms with Crippen LogP contribution in [0.1, 0.15) is 5.56 Å². The molecule has 0 aliphatic heterocycles. The fraction of sp³-hybridized carbons (Fsp3) is 0. The molecule has 0 aromatic heterocycles. The Labute approximate surface area is 114 Å². The number of para-hydroxylation sites is 1. The van der Waals surface area contributed by atoms with Crippen LogP contribution >= 0.6 is 0 Å². The predicted molar refractivity (Wildman–Crippen MR) is 73.5 cm³/mol. The van der Waals surface area contributed by atoms with Crippen LogP contribution in [0.4, 0.5) is 14.9 Å². The number of hydrogen-bond acceptors (Lipinski definition) is 3. The highest BCUT2D eigenvalue weighted by Gasteiger charge is 2.14. The Kier molecular flexibility index (Phi) is 3.95. The second-order valence-corrected chi connectivity index (χ2v) is 3.90. The summed E-state index contributed by atoms with van der Waals surface area (Å²) in [7, 11) is 0. The highest BCUT2D eigenvalue weighted by atomic mass is 19.1. The van der Waals surface area contributed by atoms with Gasteiger partial charge >= 0.3 is 6.09 Å². The molecule has 20 heavy (non-hydrogen) atoms. The predicted octanol–water partition coefficient (Wildman–Crippen LogP) is 2.72. The standard InChI is InChI=1S/C14H12FN3O2/c15-10-7-4-8-11(12(10)13(16)17)18-14(19)20-9-5-2-1-3-6-9/h1-8H,(H3,16,17)(H,18,19). The SMILES string of the molecule is N=C(N)c1c(F)cccc1NC(=O)Oc1ccccc1. The molecule has 0 saturated carbocycles. The zero-order chi connectivity index (χ0) is 14.5. The van der Waals surface area contributed by atoms with Gasteiger partial charge in [0.2, 0.25) is 0 Å². The Bertz CT molecular complexity index is 644. The molecule has 0 spiro atoms. The summed E-state index contributed by atoms with van der Waals surface area (Å²) in [6.07, 6.45) is -0.788. The highest BCUT2D eigenvalue weighted by Crippen LogP contribution is 2.19. The van der Waals surface area contributed by atoms with Crippen LogP contribution in [0.15, 0.2) is 48.5 Å². The van der Waals surface area contributed by atoms with Crippen LogP contribution in [0.5, 0.6) is 5.75 Å². The maximum Gasteiger partial charge on any atom is 0.417 e. The molecule has 102 valence electrons. The largest absolute Gasteiger partial charge is 0.417 e. The summed E-state index contributed by atoms with van der Waals surface area (Å²) in [5.41, 5.74) is 5.21. The van der Waals surface area contributed by atoms with E-state index in [2.05, 4.69) is 5.32 Å². The maximum atomic E-state index is 13.6. The maximum absolute atomic E-state index is 13.6. The zero-order valence-corrected chi connectivity index (χ0v) is 10.4. The molecule has 0 radical (unpaired) electrons. The molecule has 0 aliphatic rings. The number of amides is 1. The number of carbonyl (C=O) groups is 1. The van der Waals surface area contributed by atoms with E-state index in [0.717, 1.165) is 6.07 Å². The summed E-state index contributed by atoms with van der Waals surface area (Å²) in [5.74, 6) is -0.807. The average Bonchev–Trinajstić information content (AvgIpc) is 2.39.